The number of ether oxygens (including phenoxy) is 1. The summed E-state index contributed by atoms with van der Waals surface area (Å²) in [6.45, 7) is 10.4. The summed E-state index contributed by atoms with van der Waals surface area (Å²) in [6.07, 6.45) is 3.84. The van der Waals surface area contributed by atoms with Crippen molar-refractivity contribution in [2.75, 3.05) is 13.1 Å². The molecule has 5 heteroatoms. The fourth-order valence-corrected chi connectivity index (χ4v) is 3.13. The molecule has 0 spiro atoms. The van der Waals surface area contributed by atoms with Crippen LogP contribution in [-0.2, 0) is 16.1 Å². The molecule has 0 aromatic carbocycles. The number of carbonyl (C=O) groups excluding carboxylic acids is 1. The van der Waals surface area contributed by atoms with Crippen LogP contribution in [0.1, 0.15) is 33.3 Å². The molecular weight excluding hydrogens is 278 g/mol. The third-order valence-corrected chi connectivity index (χ3v) is 3.93. The van der Waals surface area contributed by atoms with Crippen molar-refractivity contribution in [1.29, 1.82) is 0 Å². The van der Waals surface area contributed by atoms with Gasteiger partial charge in [0.2, 0.25) is 5.91 Å². The quantitative estimate of drug-likeness (QED) is 0.902. The first-order valence-electron chi connectivity index (χ1n) is 8.03. The number of carbonyl (C=O) groups is 1. The van der Waals surface area contributed by atoms with Crippen LogP contribution >= 0.6 is 0 Å². The highest BCUT2D eigenvalue weighted by molar-refractivity contribution is 5.82. The van der Waals surface area contributed by atoms with Crippen LogP contribution < -0.4 is 5.32 Å². The van der Waals surface area contributed by atoms with Gasteiger partial charge in [-0.2, -0.15) is 0 Å². The fraction of sp³-hybridized carbons (Fsp3) is 0.647. The van der Waals surface area contributed by atoms with Crippen LogP contribution in [0.4, 0.5) is 0 Å². The number of nitrogens with zero attached hydrogens (tertiary/aromatic N) is 2. The molecule has 22 heavy (non-hydrogen) atoms. The molecule has 1 amide bonds. The second kappa shape index (κ2) is 7.70. The lowest BCUT2D eigenvalue weighted by atomic mass is 9.99. The van der Waals surface area contributed by atoms with Gasteiger partial charge < -0.3 is 10.1 Å². The van der Waals surface area contributed by atoms with Crippen LogP contribution in [0.2, 0.25) is 0 Å². The second-order valence-electron chi connectivity index (χ2n) is 6.48. The molecule has 1 saturated heterocycles. The van der Waals surface area contributed by atoms with Crippen LogP contribution in [0, 0.1) is 5.92 Å². The Balaban J connectivity index is 1.99. The molecule has 2 heterocycles. The molecule has 122 valence electrons. The highest BCUT2D eigenvalue weighted by Crippen LogP contribution is 2.18. The number of nitrogens with one attached hydrogen (secondary N) is 1. The maximum absolute atomic E-state index is 12.7. The predicted octanol–water partition coefficient (Wildman–Crippen LogP) is 1.83. The van der Waals surface area contributed by atoms with Gasteiger partial charge in [-0.1, -0.05) is 19.9 Å². The van der Waals surface area contributed by atoms with Gasteiger partial charge in [-0.3, -0.25) is 14.7 Å². The van der Waals surface area contributed by atoms with Gasteiger partial charge in [0.1, 0.15) is 0 Å². The number of morpholine rings is 1. The molecule has 2 rings (SSSR count). The van der Waals surface area contributed by atoms with Crippen molar-refractivity contribution in [3.63, 3.8) is 0 Å². The standard InChI is InChI=1S/C17H27N3O2/c1-12(2)16(20-10-13(3)22-14(4)11-20)17(21)19-9-15-6-5-7-18-8-15/h5-8,12-14,16H,9-11H2,1-4H3,(H,19,21)/t13-,14+,16-/m1/s1. The van der Waals surface area contributed by atoms with E-state index in [1.54, 1.807) is 12.4 Å². The molecule has 1 aliphatic heterocycles. The van der Waals surface area contributed by atoms with Crippen molar-refractivity contribution in [3.05, 3.63) is 30.1 Å². The Morgan fingerprint density at radius 2 is 2.09 bits per heavy atom. The van der Waals surface area contributed by atoms with Crippen molar-refractivity contribution < 1.29 is 9.53 Å². The van der Waals surface area contributed by atoms with Crippen molar-refractivity contribution >= 4 is 5.91 Å². The minimum absolute atomic E-state index is 0.0835. The zero-order chi connectivity index (χ0) is 16.1. The molecule has 0 radical (unpaired) electrons. The number of rotatable bonds is 5. The second-order valence-corrected chi connectivity index (χ2v) is 6.48. The Morgan fingerprint density at radius 3 is 2.64 bits per heavy atom. The molecular formula is C17H27N3O2. The first-order chi connectivity index (χ1) is 10.5. The zero-order valence-electron chi connectivity index (χ0n) is 14.0. The largest absolute Gasteiger partial charge is 0.373 e. The maximum atomic E-state index is 12.7. The van der Waals surface area contributed by atoms with Gasteiger partial charge in [0.05, 0.1) is 18.2 Å². The molecule has 0 aliphatic carbocycles. The summed E-state index contributed by atoms with van der Waals surface area (Å²) in [6, 6.07) is 3.73. The SMILES string of the molecule is CC(C)[C@H](C(=O)NCc1cccnc1)N1C[C@@H](C)O[C@@H](C)C1. The lowest BCUT2D eigenvalue weighted by Gasteiger charge is -2.41. The summed E-state index contributed by atoms with van der Waals surface area (Å²) in [7, 11) is 0. The average molecular weight is 305 g/mol. The van der Waals surface area contributed by atoms with Crippen molar-refractivity contribution in [2.24, 2.45) is 5.92 Å². The molecule has 1 fully saturated rings. The Labute approximate surface area is 133 Å². The summed E-state index contributed by atoms with van der Waals surface area (Å²) < 4.78 is 5.77. The van der Waals surface area contributed by atoms with Gasteiger partial charge >= 0.3 is 0 Å². The third kappa shape index (κ3) is 4.52. The van der Waals surface area contributed by atoms with Crippen molar-refractivity contribution in [2.45, 2.75) is 52.5 Å². The minimum Gasteiger partial charge on any atom is -0.373 e. The number of amides is 1. The van der Waals surface area contributed by atoms with Crippen LogP contribution in [0.3, 0.4) is 0 Å². The van der Waals surface area contributed by atoms with Crippen LogP contribution in [0.25, 0.3) is 0 Å². The van der Waals surface area contributed by atoms with E-state index in [1.165, 1.54) is 0 Å². The Bertz CT molecular complexity index is 468. The van der Waals surface area contributed by atoms with E-state index in [2.05, 4.69) is 42.9 Å². The number of pyridine rings is 1. The summed E-state index contributed by atoms with van der Waals surface area (Å²) in [5, 5.41) is 3.05. The van der Waals surface area contributed by atoms with Crippen molar-refractivity contribution in [1.82, 2.24) is 15.2 Å². The van der Waals surface area contributed by atoms with Gasteiger partial charge in [-0.05, 0) is 31.4 Å². The molecule has 3 atom stereocenters. The lowest BCUT2D eigenvalue weighted by molar-refractivity contribution is -0.135. The van der Waals surface area contributed by atoms with E-state index in [0.717, 1.165) is 18.7 Å². The van der Waals surface area contributed by atoms with Gasteiger partial charge in [0, 0.05) is 32.0 Å². The molecule has 1 aliphatic rings. The van der Waals surface area contributed by atoms with E-state index in [-0.39, 0.29) is 30.1 Å². The molecule has 1 N–H and O–H groups in total. The van der Waals surface area contributed by atoms with E-state index >= 15 is 0 Å². The van der Waals surface area contributed by atoms with Gasteiger partial charge in [-0.15, -0.1) is 0 Å². The summed E-state index contributed by atoms with van der Waals surface area (Å²) >= 11 is 0. The first-order valence-corrected chi connectivity index (χ1v) is 8.03. The molecule has 5 nitrogen and oxygen atoms in total. The van der Waals surface area contributed by atoms with E-state index in [9.17, 15) is 4.79 Å². The molecule has 1 aromatic heterocycles. The maximum Gasteiger partial charge on any atom is 0.237 e. The van der Waals surface area contributed by atoms with Crippen molar-refractivity contribution in [3.8, 4) is 0 Å². The number of hydrogen-bond donors (Lipinski definition) is 1. The predicted molar refractivity (Wildman–Crippen MR) is 86.3 cm³/mol. The lowest BCUT2D eigenvalue weighted by Crippen LogP contribution is -2.56. The Kier molecular flexibility index (Phi) is 5.91. The normalized spacial score (nSPS) is 24.2. The fourth-order valence-electron chi connectivity index (χ4n) is 3.13. The smallest absolute Gasteiger partial charge is 0.237 e. The monoisotopic (exact) mass is 305 g/mol. The van der Waals surface area contributed by atoms with E-state index in [1.807, 2.05) is 12.1 Å². The summed E-state index contributed by atoms with van der Waals surface area (Å²) in [5.41, 5.74) is 1.02. The van der Waals surface area contributed by atoms with Crippen LogP contribution in [0.15, 0.2) is 24.5 Å². The topological polar surface area (TPSA) is 54.5 Å². The Hall–Kier alpha value is -1.46. The highest BCUT2D eigenvalue weighted by atomic mass is 16.5. The molecule has 0 unspecified atom stereocenters. The Morgan fingerprint density at radius 1 is 1.41 bits per heavy atom. The van der Waals surface area contributed by atoms with E-state index in [4.69, 9.17) is 4.74 Å². The molecule has 0 bridgehead atoms. The summed E-state index contributed by atoms with van der Waals surface area (Å²) in [5.74, 6) is 0.339. The van der Waals surface area contributed by atoms with E-state index < -0.39 is 0 Å². The number of hydrogen-bond acceptors (Lipinski definition) is 4. The van der Waals surface area contributed by atoms with Gasteiger partial charge in [0.25, 0.3) is 0 Å². The number of aromatic nitrogens is 1. The average Bonchev–Trinajstić information content (AvgIpc) is 2.45. The van der Waals surface area contributed by atoms with Crippen LogP contribution in [-0.4, -0.2) is 47.1 Å². The van der Waals surface area contributed by atoms with Crippen LogP contribution in [0.5, 0.6) is 0 Å². The first kappa shape index (κ1) is 16.9. The minimum atomic E-state index is -0.120. The highest BCUT2D eigenvalue weighted by Gasteiger charge is 2.33. The van der Waals surface area contributed by atoms with E-state index in [0.29, 0.717) is 6.54 Å². The molecule has 0 saturated carbocycles. The van der Waals surface area contributed by atoms with Gasteiger partial charge in [0.15, 0.2) is 0 Å². The molecule has 1 aromatic rings. The third-order valence-electron chi connectivity index (χ3n) is 3.93. The zero-order valence-corrected chi connectivity index (χ0v) is 14.0. The van der Waals surface area contributed by atoms with Gasteiger partial charge in [-0.25, -0.2) is 0 Å². The summed E-state index contributed by atoms with van der Waals surface area (Å²) in [4.78, 5) is 19.0.